The monoisotopic (exact) mass is 314 g/mol. The summed E-state index contributed by atoms with van der Waals surface area (Å²) >= 11 is 1.00. The highest BCUT2D eigenvalue weighted by molar-refractivity contribution is 8.86. The summed E-state index contributed by atoms with van der Waals surface area (Å²) in [5.41, 5.74) is -0.302. The first kappa shape index (κ1) is 15.5. The maximum atomic E-state index is 11.4. The first-order valence-electron chi connectivity index (χ1n) is 4.56. The Kier molecular flexibility index (Phi) is 5.83. The Hall–Kier alpha value is -1.55. The van der Waals surface area contributed by atoms with Crippen molar-refractivity contribution >= 4 is 45.3 Å². The number of rotatable bonds is 2. The first-order chi connectivity index (χ1) is 9.08. The molecule has 19 heavy (non-hydrogen) atoms. The molecule has 0 aromatic rings. The number of hydrogen-bond donors (Lipinski definition) is 0. The lowest BCUT2D eigenvalue weighted by molar-refractivity contribution is -0.136. The first-order valence-corrected chi connectivity index (χ1v) is 7.53. The van der Waals surface area contributed by atoms with Crippen LogP contribution >= 0.6 is 33.3 Å². The zero-order chi connectivity index (χ0) is 14.4. The molecule has 1 aliphatic heterocycles. The Labute approximate surface area is 121 Å². The standard InChI is InChI=1S/C10H6N2O4S3/c1-15-7(13)5(3-11)9-17-10(19-18-9)6(4-12)8(14)16-2/h1-2H3/b9-5+,10-6?. The minimum Gasteiger partial charge on any atom is -0.465 e. The van der Waals surface area contributed by atoms with Crippen LogP contribution in [0.1, 0.15) is 0 Å². The Balaban J connectivity index is 3.14. The van der Waals surface area contributed by atoms with E-state index in [1.807, 2.05) is 0 Å². The molecule has 0 amide bonds. The molecule has 0 spiro atoms. The summed E-state index contributed by atoms with van der Waals surface area (Å²) < 4.78 is 9.72. The molecular formula is C10H6N2O4S3. The largest absolute Gasteiger partial charge is 0.465 e. The summed E-state index contributed by atoms with van der Waals surface area (Å²) in [6.45, 7) is 0. The van der Waals surface area contributed by atoms with E-state index in [2.05, 4.69) is 9.47 Å². The minimum absolute atomic E-state index is 0.151. The predicted molar refractivity (Wildman–Crippen MR) is 72.1 cm³/mol. The maximum Gasteiger partial charge on any atom is 0.350 e. The van der Waals surface area contributed by atoms with Crippen molar-refractivity contribution in [1.82, 2.24) is 0 Å². The number of hydrogen-bond acceptors (Lipinski definition) is 9. The summed E-state index contributed by atoms with van der Waals surface area (Å²) in [7, 11) is 4.58. The summed E-state index contributed by atoms with van der Waals surface area (Å²) in [6.07, 6.45) is 0. The number of methoxy groups -OCH3 is 2. The summed E-state index contributed by atoms with van der Waals surface area (Å²) in [5, 5.41) is 17.8. The average molecular weight is 314 g/mol. The molecule has 1 aliphatic rings. The van der Waals surface area contributed by atoms with E-state index in [4.69, 9.17) is 10.5 Å². The van der Waals surface area contributed by atoms with Crippen LogP contribution in [0.5, 0.6) is 0 Å². The van der Waals surface area contributed by atoms with Crippen molar-refractivity contribution in [1.29, 1.82) is 10.5 Å². The van der Waals surface area contributed by atoms with Gasteiger partial charge in [-0.3, -0.25) is 0 Å². The molecule has 0 unspecified atom stereocenters. The second kappa shape index (κ2) is 7.14. The number of esters is 2. The van der Waals surface area contributed by atoms with E-state index in [1.54, 1.807) is 12.1 Å². The normalized spacial score (nSPS) is 18.9. The van der Waals surface area contributed by atoms with Crippen molar-refractivity contribution in [2.75, 3.05) is 14.2 Å². The number of thioether (sulfide) groups is 1. The van der Waals surface area contributed by atoms with E-state index in [9.17, 15) is 9.59 Å². The minimum atomic E-state index is -0.754. The number of nitrogens with zero attached hydrogens (tertiary/aromatic N) is 2. The second-order valence-corrected chi connectivity index (χ2v) is 6.49. The predicted octanol–water partition coefficient (Wildman–Crippen LogP) is 1.93. The molecule has 0 saturated carbocycles. The average Bonchev–Trinajstić information content (AvgIpc) is 2.89. The smallest absolute Gasteiger partial charge is 0.350 e. The molecule has 0 radical (unpaired) electrons. The molecule has 1 heterocycles. The van der Waals surface area contributed by atoms with Gasteiger partial charge in [-0.2, -0.15) is 10.5 Å². The zero-order valence-corrected chi connectivity index (χ0v) is 12.2. The van der Waals surface area contributed by atoms with Gasteiger partial charge in [0.15, 0.2) is 11.1 Å². The van der Waals surface area contributed by atoms with Crippen molar-refractivity contribution in [2.24, 2.45) is 0 Å². The molecule has 1 fully saturated rings. The van der Waals surface area contributed by atoms with Gasteiger partial charge in [-0.15, -0.1) is 0 Å². The SMILES string of the molecule is COC(=O)C(C#N)=C1SS/C(=C(\C#N)C(=O)OC)S1. The Morgan fingerprint density at radius 2 is 1.32 bits per heavy atom. The molecule has 1 rings (SSSR count). The highest BCUT2D eigenvalue weighted by atomic mass is 33.1. The molecule has 98 valence electrons. The van der Waals surface area contributed by atoms with E-state index >= 15 is 0 Å². The number of carbonyl (C=O) groups is 2. The van der Waals surface area contributed by atoms with E-state index in [-0.39, 0.29) is 11.1 Å². The van der Waals surface area contributed by atoms with E-state index in [1.165, 1.54) is 14.2 Å². The van der Waals surface area contributed by atoms with Crippen molar-refractivity contribution in [3.63, 3.8) is 0 Å². The van der Waals surface area contributed by atoms with E-state index in [0.717, 1.165) is 33.3 Å². The quantitative estimate of drug-likeness (QED) is 0.327. The summed E-state index contributed by atoms with van der Waals surface area (Å²) in [5.74, 6) is -1.51. The second-order valence-electron chi connectivity index (χ2n) is 2.80. The molecule has 0 bridgehead atoms. The van der Waals surface area contributed by atoms with E-state index < -0.39 is 11.9 Å². The molecule has 0 N–H and O–H groups in total. The zero-order valence-electron chi connectivity index (χ0n) is 9.75. The van der Waals surface area contributed by atoms with E-state index in [0.29, 0.717) is 8.47 Å². The fourth-order valence-electron chi connectivity index (χ4n) is 0.933. The third kappa shape index (κ3) is 3.47. The van der Waals surface area contributed by atoms with Crippen molar-refractivity contribution < 1.29 is 19.1 Å². The molecule has 1 saturated heterocycles. The van der Waals surface area contributed by atoms with Crippen LogP contribution in [-0.4, -0.2) is 26.2 Å². The van der Waals surface area contributed by atoms with Crippen molar-refractivity contribution in [3.8, 4) is 12.1 Å². The van der Waals surface area contributed by atoms with Gasteiger partial charge in [0.1, 0.15) is 12.1 Å². The van der Waals surface area contributed by atoms with Gasteiger partial charge in [0.2, 0.25) is 0 Å². The Bertz CT molecular complexity index is 518. The van der Waals surface area contributed by atoms with Crippen molar-refractivity contribution in [3.05, 3.63) is 19.6 Å². The van der Waals surface area contributed by atoms with Gasteiger partial charge in [-0.05, 0) is 21.6 Å². The van der Waals surface area contributed by atoms with Crippen LogP contribution in [0, 0.1) is 22.7 Å². The molecule has 0 aromatic heterocycles. The van der Waals surface area contributed by atoms with Gasteiger partial charge < -0.3 is 9.47 Å². The van der Waals surface area contributed by atoms with Gasteiger partial charge in [-0.25, -0.2) is 9.59 Å². The topological polar surface area (TPSA) is 100 Å². The van der Waals surface area contributed by atoms with Crippen LogP contribution in [0.25, 0.3) is 0 Å². The van der Waals surface area contributed by atoms with Gasteiger partial charge >= 0.3 is 11.9 Å². The van der Waals surface area contributed by atoms with Gasteiger partial charge in [0, 0.05) is 0 Å². The van der Waals surface area contributed by atoms with Gasteiger partial charge in [0.25, 0.3) is 0 Å². The highest BCUT2D eigenvalue weighted by Gasteiger charge is 2.29. The lowest BCUT2D eigenvalue weighted by atomic mass is 10.3. The van der Waals surface area contributed by atoms with Crippen LogP contribution in [0.4, 0.5) is 0 Å². The number of ether oxygens (including phenoxy) is 2. The maximum absolute atomic E-state index is 11.4. The van der Waals surface area contributed by atoms with Crippen LogP contribution in [0.2, 0.25) is 0 Å². The molecule has 6 nitrogen and oxygen atoms in total. The Morgan fingerprint density at radius 1 is 0.947 bits per heavy atom. The van der Waals surface area contributed by atoms with Crippen molar-refractivity contribution in [2.45, 2.75) is 0 Å². The fourth-order valence-corrected chi connectivity index (χ4v) is 5.25. The number of nitriles is 2. The third-order valence-electron chi connectivity index (χ3n) is 1.79. The van der Waals surface area contributed by atoms with Crippen LogP contribution in [0.15, 0.2) is 19.6 Å². The molecule has 0 aliphatic carbocycles. The summed E-state index contributed by atoms with van der Waals surface area (Å²) in [6, 6.07) is 3.49. The summed E-state index contributed by atoms with van der Waals surface area (Å²) in [4.78, 5) is 22.7. The molecule has 9 heteroatoms. The highest BCUT2D eigenvalue weighted by Crippen LogP contribution is 2.59. The molecule has 0 aromatic carbocycles. The van der Waals surface area contributed by atoms with Gasteiger partial charge in [0.05, 0.1) is 22.7 Å². The fraction of sp³-hybridized carbons (Fsp3) is 0.200. The number of carbonyl (C=O) groups excluding carboxylic acids is 2. The van der Waals surface area contributed by atoms with Gasteiger partial charge in [-0.1, -0.05) is 11.8 Å². The third-order valence-corrected chi connectivity index (χ3v) is 6.25. The van der Waals surface area contributed by atoms with Crippen LogP contribution in [-0.2, 0) is 19.1 Å². The Morgan fingerprint density at radius 3 is 1.58 bits per heavy atom. The van der Waals surface area contributed by atoms with Crippen LogP contribution in [0.3, 0.4) is 0 Å². The lowest BCUT2D eigenvalue weighted by Crippen LogP contribution is -2.04. The lowest BCUT2D eigenvalue weighted by Gasteiger charge is -1.99. The molecular weight excluding hydrogens is 308 g/mol. The molecule has 0 atom stereocenters. The van der Waals surface area contributed by atoms with Crippen LogP contribution < -0.4 is 0 Å².